The highest BCUT2D eigenvalue weighted by atomic mass is 35.5. The van der Waals surface area contributed by atoms with Crippen LogP contribution in [0.1, 0.15) is 11.3 Å². The van der Waals surface area contributed by atoms with E-state index in [0.29, 0.717) is 23.1 Å². The Balaban J connectivity index is 2.14. The number of rotatable bonds is 4. The number of aryl methyl sites for hydroxylation is 1. The zero-order chi connectivity index (χ0) is 13.0. The Bertz CT molecular complexity index is 526. The molecule has 0 aliphatic heterocycles. The third kappa shape index (κ3) is 3.22. The maximum absolute atomic E-state index is 6.15. The quantitative estimate of drug-likeness (QED) is 0.919. The molecule has 2 N–H and O–H groups in total. The van der Waals surface area contributed by atoms with Crippen LogP contribution >= 0.6 is 11.6 Å². The molecule has 0 aliphatic rings. The van der Waals surface area contributed by atoms with E-state index >= 15 is 0 Å². The molecule has 0 bridgehead atoms. The van der Waals surface area contributed by atoms with E-state index in [1.807, 2.05) is 31.2 Å². The Morgan fingerprint density at radius 2 is 2.00 bits per heavy atom. The van der Waals surface area contributed by atoms with E-state index in [-0.39, 0.29) is 0 Å². The van der Waals surface area contributed by atoms with Gasteiger partial charge in [0, 0.05) is 10.7 Å². The number of nitrogens with zero attached hydrogens (tertiary/aromatic N) is 1. The van der Waals surface area contributed by atoms with Crippen LogP contribution in [0.4, 0.5) is 0 Å². The van der Waals surface area contributed by atoms with Gasteiger partial charge in [-0.15, -0.1) is 0 Å². The van der Waals surface area contributed by atoms with Crippen LogP contribution in [-0.2, 0) is 6.42 Å². The van der Waals surface area contributed by atoms with Crippen LogP contribution in [0.15, 0.2) is 36.5 Å². The van der Waals surface area contributed by atoms with Crippen molar-refractivity contribution in [2.24, 2.45) is 5.73 Å². The second-order valence-corrected chi connectivity index (χ2v) is 4.44. The minimum Gasteiger partial charge on any atom is -0.456 e. The molecule has 0 unspecified atom stereocenters. The van der Waals surface area contributed by atoms with Gasteiger partial charge in [-0.2, -0.15) is 0 Å². The lowest BCUT2D eigenvalue weighted by atomic mass is 10.1. The van der Waals surface area contributed by atoms with Gasteiger partial charge in [-0.05, 0) is 49.7 Å². The Labute approximate surface area is 112 Å². The van der Waals surface area contributed by atoms with E-state index in [1.54, 1.807) is 12.3 Å². The first-order chi connectivity index (χ1) is 8.69. The largest absolute Gasteiger partial charge is 0.456 e. The van der Waals surface area contributed by atoms with Crippen LogP contribution in [-0.4, -0.2) is 11.5 Å². The first-order valence-corrected chi connectivity index (χ1v) is 6.16. The molecule has 0 saturated heterocycles. The smallest absolute Gasteiger partial charge is 0.145 e. The van der Waals surface area contributed by atoms with Crippen molar-refractivity contribution in [2.45, 2.75) is 13.3 Å². The minimum atomic E-state index is 0.585. The van der Waals surface area contributed by atoms with Gasteiger partial charge in [0.2, 0.25) is 0 Å². The first kappa shape index (κ1) is 12.9. The molecule has 0 fully saturated rings. The fourth-order valence-corrected chi connectivity index (χ4v) is 1.87. The van der Waals surface area contributed by atoms with Crippen LogP contribution in [0.25, 0.3) is 0 Å². The highest BCUT2D eigenvalue weighted by Gasteiger charge is 2.03. The summed E-state index contributed by atoms with van der Waals surface area (Å²) in [5.74, 6) is 1.40. The van der Waals surface area contributed by atoms with Gasteiger partial charge in [0.15, 0.2) is 0 Å². The van der Waals surface area contributed by atoms with Crippen molar-refractivity contribution < 1.29 is 4.74 Å². The van der Waals surface area contributed by atoms with Crippen LogP contribution < -0.4 is 10.5 Å². The molecule has 0 aliphatic carbocycles. The minimum absolute atomic E-state index is 0.585. The molecule has 0 spiro atoms. The average molecular weight is 263 g/mol. The van der Waals surface area contributed by atoms with Crippen molar-refractivity contribution in [3.05, 3.63) is 52.8 Å². The van der Waals surface area contributed by atoms with Crippen LogP contribution in [0, 0.1) is 6.92 Å². The molecule has 0 amide bonds. The molecular weight excluding hydrogens is 248 g/mol. The zero-order valence-electron chi connectivity index (χ0n) is 10.2. The van der Waals surface area contributed by atoms with E-state index in [4.69, 9.17) is 22.1 Å². The van der Waals surface area contributed by atoms with E-state index in [0.717, 1.165) is 17.7 Å². The Kier molecular flexibility index (Phi) is 4.18. The average Bonchev–Trinajstić information content (AvgIpc) is 2.36. The lowest BCUT2D eigenvalue weighted by Crippen LogP contribution is -2.03. The van der Waals surface area contributed by atoms with Gasteiger partial charge in [-0.1, -0.05) is 17.7 Å². The van der Waals surface area contributed by atoms with Crippen molar-refractivity contribution in [1.82, 2.24) is 4.98 Å². The summed E-state index contributed by atoms with van der Waals surface area (Å²) < 4.78 is 5.67. The number of halogens is 1. The number of nitrogens with two attached hydrogens (primary N) is 1. The normalized spacial score (nSPS) is 10.4. The Hall–Kier alpha value is -1.58. The van der Waals surface area contributed by atoms with Crippen LogP contribution in [0.3, 0.4) is 0 Å². The summed E-state index contributed by atoms with van der Waals surface area (Å²) in [5, 5.41) is 0.679. The van der Waals surface area contributed by atoms with Gasteiger partial charge in [0.05, 0.1) is 6.20 Å². The monoisotopic (exact) mass is 262 g/mol. The molecule has 1 heterocycles. The molecule has 0 saturated carbocycles. The van der Waals surface area contributed by atoms with Gasteiger partial charge in [-0.25, -0.2) is 0 Å². The number of hydrogen-bond acceptors (Lipinski definition) is 3. The highest BCUT2D eigenvalue weighted by molar-refractivity contribution is 6.31. The zero-order valence-corrected chi connectivity index (χ0v) is 10.9. The van der Waals surface area contributed by atoms with Crippen molar-refractivity contribution in [3.63, 3.8) is 0 Å². The third-order valence-electron chi connectivity index (χ3n) is 2.56. The summed E-state index contributed by atoms with van der Waals surface area (Å²) >= 11 is 6.15. The molecule has 2 aromatic rings. The third-order valence-corrected chi connectivity index (χ3v) is 2.91. The van der Waals surface area contributed by atoms with E-state index in [2.05, 4.69) is 4.98 Å². The lowest BCUT2D eigenvalue weighted by molar-refractivity contribution is 0.480. The van der Waals surface area contributed by atoms with E-state index in [1.165, 1.54) is 0 Å². The summed E-state index contributed by atoms with van der Waals surface area (Å²) in [4.78, 5) is 4.17. The highest BCUT2D eigenvalue weighted by Crippen LogP contribution is 2.26. The summed E-state index contributed by atoms with van der Waals surface area (Å²) in [6.45, 7) is 2.52. The lowest BCUT2D eigenvalue weighted by Gasteiger charge is -2.08. The van der Waals surface area contributed by atoms with Gasteiger partial charge in [-0.3, -0.25) is 4.98 Å². The van der Waals surface area contributed by atoms with E-state index < -0.39 is 0 Å². The summed E-state index contributed by atoms with van der Waals surface area (Å²) in [7, 11) is 0. The van der Waals surface area contributed by atoms with Gasteiger partial charge in [0.1, 0.15) is 11.5 Å². The molecule has 2 rings (SSSR count). The molecule has 4 heteroatoms. The summed E-state index contributed by atoms with van der Waals surface area (Å²) in [6, 6.07) is 9.40. The van der Waals surface area contributed by atoms with Crippen molar-refractivity contribution in [2.75, 3.05) is 6.54 Å². The fourth-order valence-electron chi connectivity index (χ4n) is 1.60. The number of hydrogen-bond donors (Lipinski definition) is 1. The summed E-state index contributed by atoms with van der Waals surface area (Å²) in [6.07, 6.45) is 2.46. The second kappa shape index (κ2) is 5.85. The molecule has 18 heavy (non-hydrogen) atoms. The molecule has 94 valence electrons. The van der Waals surface area contributed by atoms with Crippen molar-refractivity contribution in [3.8, 4) is 11.5 Å². The van der Waals surface area contributed by atoms with E-state index in [9.17, 15) is 0 Å². The standard InChI is InChI=1S/C14H15ClN2O/c1-10-2-4-13(9-17-10)18-12-5-3-11(6-7-16)14(15)8-12/h2-5,8-9H,6-7,16H2,1H3. The summed E-state index contributed by atoms with van der Waals surface area (Å²) in [5.41, 5.74) is 7.50. The number of benzene rings is 1. The molecule has 1 aromatic heterocycles. The number of ether oxygens (including phenoxy) is 1. The molecule has 0 atom stereocenters. The molecule has 3 nitrogen and oxygen atoms in total. The fraction of sp³-hybridized carbons (Fsp3) is 0.214. The molecule has 1 aromatic carbocycles. The topological polar surface area (TPSA) is 48.1 Å². The maximum atomic E-state index is 6.15. The van der Waals surface area contributed by atoms with Crippen molar-refractivity contribution >= 4 is 11.6 Å². The number of pyridine rings is 1. The van der Waals surface area contributed by atoms with Gasteiger partial charge >= 0.3 is 0 Å². The van der Waals surface area contributed by atoms with Crippen molar-refractivity contribution in [1.29, 1.82) is 0 Å². The van der Waals surface area contributed by atoms with Gasteiger partial charge in [0.25, 0.3) is 0 Å². The number of aromatic nitrogens is 1. The predicted octanol–water partition coefficient (Wildman–Crippen LogP) is 3.34. The van der Waals surface area contributed by atoms with Gasteiger partial charge < -0.3 is 10.5 Å². The van der Waals surface area contributed by atoms with Crippen LogP contribution in [0.5, 0.6) is 11.5 Å². The maximum Gasteiger partial charge on any atom is 0.145 e. The second-order valence-electron chi connectivity index (χ2n) is 4.03. The van der Waals surface area contributed by atoms with Crippen LogP contribution in [0.2, 0.25) is 5.02 Å². The Morgan fingerprint density at radius 3 is 2.61 bits per heavy atom. The molecular formula is C14H15ClN2O. The Morgan fingerprint density at radius 1 is 1.22 bits per heavy atom. The SMILES string of the molecule is Cc1ccc(Oc2ccc(CCN)c(Cl)c2)cn1. The first-order valence-electron chi connectivity index (χ1n) is 5.78. The predicted molar refractivity (Wildman–Crippen MR) is 73.3 cm³/mol. The molecule has 0 radical (unpaired) electrons.